The molecular formula is C22H48O3SSi2. The molecule has 0 saturated carbocycles. The summed E-state index contributed by atoms with van der Waals surface area (Å²) in [7, 11) is -3.60. The molecular weight excluding hydrogens is 400 g/mol. The molecule has 0 N–H and O–H groups in total. The zero-order chi connectivity index (χ0) is 22.4. The van der Waals surface area contributed by atoms with E-state index in [9.17, 15) is 4.79 Å². The molecule has 0 aliphatic carbocycles. The van der Waals surface area contributed by atoms with Gasteiger partial charge < -0.3 is 8.85 Å². The molecule has 0 aromatic rings. The molecule has 0 aliphatic heterocycles. The first-order valence-electron chi connectivity index (χ1n) is 11.1. The van der Waals surface area contributed by atoms with E-state index in [2.05, 4.69) is 82.3 Å². The van der Waals surface area contributed by atoms with Crippen LogP contribution in [0.3, 0.4) is 0 Å². The lowest BCUT2D eigenvalue weighted by molar-refractivity contribution is -0.112. The predicted molar refractivity (Wildman–Crippen MR) is 131 cm³/mol. The summed E-state index contributed by atoms with van der Waals surface area (Å²) in [6, 6.07) is 3.32. The summed E-state index contributed by atoms with van der Waals surface area (Å²) < 4.78 is 13.3. The normalized spacial score (nSPS) is 16.1. The molecule has 0 spiro atoms. The van der Waals surface area contributed by atoms with Gasteiger partial charge in [0.15, 0.2) is 21.8 Å². The van der Waals surface area contributed by atoms with Crippen molar-refractivity contribution >= 4 is 33.5 Å². The number of hydrogen-bond donors (Lipinski definition) is 0. The van der Waals surface area contributed by atoms with E-state index in [1.807, 2.05) is 0 Å². The molecule has 28 heavy (non-hydrogen) atoms. The lowest BCUT2D eigenvalue weighted by Crippen LogP contribution is -2.45. The maximum Gasteiger partial charge on any atom is 0.192 e. The summed E-state index contributed by atoms with van der Waals surface area (Å²) in [5.74, 6) is 0. The maximum atomic E-state index is 12.7. The Morgan fingerprint density at radius 3 is 1.75 bits per heavy atom. The molecule has 0 aromatic heterocycles. The zero-order valence-electron chi connectivity index (χ0n) is 20.8. The lowest BCUT2D eigenvalue weighted by Gasteiger charge is -2.40. The number of thioether (sulfide) groups is 1. The second-order valence-corrected chi connectivity index (χ2v) is 22.1. The van der Waals surface area contributed by atoms with Gasteiger partial charge in [-0.15, -0.1) is 0 Å². The van der Waals surface area contributed by atoms with E-state index in [1.54, 1.807) is 0 Å². The summed E-state index contributed by atoms with van der Waals surface area (Å²) >= 11 is 1.44. The van der Waals surface area contributed by atoms with Crippen molar-refractivity contribution in [3.8, 4) is 0 Å². The molecule has 0 fully saturated rings. The van der Waals surface area contributed by atoms with E-state index in [1.165, 1.54) is 11.8 Å². The van der Waals surface area contributed by atoms with Crippen LogP contribution in [-0.2, 0) is 13.6 Å². The third-order valence-corrected chi connectivity index (χ3v) is 16.4. The van der Waals surface area contributed by atoms with Crippen molar-refractivity contribution in [2.75, 3.05) is 0 Å². The van der Waals surface area contributed by atoms with E-state index in [0.29, 0.717) is 6.42 Å². The molecule has 168 valence electrons. The highest BCUT2D eigenvalue weighted by atomic mass is 32.2. The highest BCUT2D eigenvalue weighted by Crippen LogP contribution is 2.38. The summed E-state index contributed by atoms with van der Waals surface area (Å²) in [6.45, 7) is 26.6. The molecule has 0 rings (SSSR count). The number of carbonyl (C=O) groups is 1. The number of hydrogen-bond acceptors (Lipinski definition) is 4. The van der Waals surface area contributed by atoms with E-state index in [0.717, 1.165) is 24.6 Å². The minimum Gasteiger partial charge on any atom is -0.414 e. The Morgan fingerprint density at radius 2 is 1.39 bits per heavy atom. The first-order chi connectivity index (χ1) is 12.5. The first-order valence-corrected chi connectivity index (χ1v) is 17.3. The molecule has 0 aliphatic rings. The molecule has 0 amide bonds. The highest BCUT2D eigenvalue weighted by molar-refractivity contribution is 8.14. The topological polar surface area (TPSA) is 35.5 Å². The molecule has 2 atom stereocenters. The molecule has 0 heterocycles. The van der Waals surface area contributed by atoms with Gasteiger partial charge in [0.25, 0.3) is 0 Å². The van der Waals surface area contributed by atoms with Gasteiger partial charge in [-0.05, 0) is 49.6 Å². The van der Waals surface area contributed by atoms with Crippen LogP contribution in [0.15, 0.2) is 0 Å². The molecule has 0 saturated heterocycles. The maximum absolute atomic E-state index is 12.7. The van der Waals surface area contributed by atoms with E-state index < -0.39 is 16.6 Å². The van der Waals surface area contributed by atoms with Gasteiger partial charge in [0, 0.05) is 17.3 Å². The van der Waals surface area contributed by atoms with E-state index in [4.69, 9.17) is 8.85 Å². The van der Waals surface area contributed by atoms with Crippen LogP contribution in [-0.4, -0.2) is 38.7 Å². The Hall–Kier alpha value is 0.374. The van der Waals surface area contributed by atoms with Crippen molar-refractivity contribution in [1.82, 2.24) is 0 Å². The van der Waals surface area contributed by atoms with Crippen LogP contribution in [0.5, 0.6) is 0 Å². The van der Waals surface area contributed by atoms with Crippen molar-refractivity contribution < 1.29 is 13.6 Å². The molecule has 0 bridgehead atoms. The smallest absolute Gasteiger partial charge is 0.192 e. The average molecular weight is 449 g/mol. The van der Waals surface area contributed by atoms with Gasteiger partial charge in [-0.3, -0.25) is 4.79 Å². The monoisotopic (exact) mass is 448 g/mol. The summed E-state index contributed by atoms with van der Waals surface area (Å²) in [5.41, 5.74) is 0. The largest absolute Gasteiger partial charge is 0.414 e. The Kier molecular flexibility index (Phi) is 11.3. The van der Waals surface area contributed by atoms with Gasteiger partial charge in [0.2, 0.25) is 0 Å². The van der Waals surface area contributed by atoms with Crippen LogP contribution in [0.4, 0.5) is 0 Å². The molecule has 0 unspecified atom stereocenters. The Balaban J connectivity index is 5.35. The van der Waals surface area contributed by atoms with Crippen molar-refractivity contribution in [3.05, 3.63) is 0 Å². The van der Waals surface area contributed by atoms with Gasteiger partial charge in [0.1, 0.15) is 0 Å². The van der Waals surface area contributed by atoms with Gasteiger partial charge in [0.05, 0.1) is 6.10 Å². The van der Waals surface area contributed by atoms with Crippen molar-refractivity contribution in [3.63, 3.8) is 0 Å². The fraction of sp³-hybridized carbons (Fsp3) is 0.955. The Morgan fingerprint density at radius 1 is 0.929 bits per heavy atom. The summed E-state index contributed by atoms with van der Waals surface area (Å²) in [4.78, 5) is 12.7. The highest BCUT2D eigenvalue weighted by Gasteiger charge is 2.40. The average Bonchev–Trinajstić information content (AvgIpc) is 2.48. The third kappa shape index (κ3) is 9.92. The first kappa shape index (κ1) is 28.4. The minimum absolute atomic E-state index is 0.0337. The van der Waals surface area contributed by atoms with Crippen molar-refractivity contribution in [1.29, 1.82) is 0 Å². The fourth-order valence-corrected chi connectivity index (χ4v) is 8.49. The van der Waals surface area contributed by atoms with Gasteiger partial charge in [-0.25, -0.2) is 0 Å². The summed E-state index contributed by atoms with van der Waals surface area (Å²) in [6.07, 6.45) is 1.36. The van der Waals surface area contributed by atoms with Gasteiger partial charge in [-0.2, -0.15) is 0 Å². The second kappa shape index (κ2) is 11.1. The van der Waals surface area contributed by atoms with Gasteiger partial charge in [-0.1, -0.05) is 74.1 Å². The van der Waals surface area contributed by atoms with Crippen LogP contribution in [0.1, 0.15) is 82.1 Å². The second-order valence-electron chi connectivity index (χ2n) is 10.7. The van der Waals surface area contributed by atoms with Crippen molar-refractivity contribution in [2.24, 2.45) is 0 Å². The number of rotatable bonds is 11. The molecule has 0 radical (unpaired) electrons. The van der Waals surface area contributed by atoms with Crippen LogP contribution in [0.25, 0.3) is 0 Å². The van der Waals surface area contributed by atoms with Gasteiger partial charge >= 0.3 is 0 Å². The molecule has 3 nitrogen and oxygen atoms in total. The van der Waals surface area contributed by atoms with E-state index in [-0.39, 0.29) is 27.1 Å². The van der Waals surface area contributed by atoms with E-state index >= 15 is 0 Å². The van der Waals surface area contributed by atoms with Crippen molar-refractivity contribution in [2.45, 2.75) is 135 Å². The predicted octanol–water partition coefficient (Wildman–Crippen LogP) is 7.63. The van der Waals surface area contributed by atoms with Crippen LogP contribution in [0.2, 0.25) is 36.3 Å². The SMILES string of the molecule is CC[Si](CC)(CC)O[C@H](CC(=O)SC(C)(C)C)C[C@@H](C)O[Si](C)(C)C(C)(C)C. The standard InChI is InChI=1S/C22H48O3SSi2/c1-13-28(14-2,15-3)25-19(17-20(23)26-21(5,6)7)16-18(4)24-27(11,12)22(8,9)10/h18-19H,13-17H2,1-12H3/t18-,19+/m1/s1. The van der Waals surface area contributed by atoms with Crippen LogP contribution in [0, 0.1) is 0 Å². The Labute approximate surface area is 182 Å². The molecule has 0 aromatic carbocycles. The zero-order valence-corrected chi connectivity index (χ0v) is 23.6. The lowest BCUT2D eigenvalue weighted by atomic mass is 10.1. The molecule has 6 heteroatoms. The minimum atomic E-state index is -1.83. The van der Waals surface area contributed by atoms with Crippen LogP contribution >= 0.6 is 11.8 Å². The third-order valence-electron chi connectivity index (χ3n) is 6.06. The summed E-state index contributed by atoms with van der Waals surface area (Å²) in [5, 5.41) is 0.424. The number of carbonyl (C=O) groups excluding carboxylic acids is 1. The fourth-order valence-electron chi connectivity index (χ4n) is 3.19. The quantitative estimate of drug-likeness (QED) is 0.304. The Bertz CT molecular complexity index is 469. The van der Waals surface area contributed by atoms with Crippen LogP contribution < -0.4 is 0 Å².